The molecule has 26 heavy (non-hydrogen) atoms. The normalized spacial score (nSPS) is 11.7. The van der Waals surface area contributed by atoms with E-state index >= 15 is 0 Å². The first kappa shape index (κ1) is 23.7. The molecule has 0 radical (unpaired) electrons. The SMILES string of the molecule is CN=Cc1cccc(C)c1Pc1cc(C(C)(C)C)cc(C)c1O.[Cl][Ti][Cl]. The van der Waals surface area contributed by atoms with Crippen LogP contribution in [0, 0.1) is 13.8 Å². The second-order valence-corrected chi connectivity index (χ2v) is 10.9. The van der Waals surface area contributed by atoms with Gasteiger partial charge in [0, 0.05) is 24.1 Å². The van der Waals surface area contributed by atoms with Crippen molar-refractivity contribution in [2.75, 3.05) is 7.05 Å². The summed E-state index contributed by atoms with van der Waals surface area (Å²) in [5.74, 6) is 0.416. The molecule has 0 aliphatic heterocycles. The van der Waals surface area contributed by atoms with Crippen molar-refractivity contribution in [3.8, 4) is 5.75 Å². The molecule has 1 unspecified atom stereocenters. The molecule has 0 spiro atoms. The summed E-state index contributed by atoms with van der Waals surface area (Å²) in [7, 11) is 12.0. The first-order chi connectivity index (χ1) is 12.1. The molecule has 2 aromatic rings. The summed E-state index contributed by atoms with van der Waals surface area (Å²) in [4.78, 5) is 4.16. The summed E-state index contributed by atoms with van der Waals surface area (Å²) < 4.78 is 0. The summed E-state index contributed by atoms with van der Waals surface area (Å²) >= 11 is -0.556. The molecule has 0 amide bonds. The van der Waals surface area contributed by atoms with Crippen LogP contribution in [0.5, 0.6) is 5.75 Å². The van der Waals surface area contributed by atoms with Crippen molar-refractivity contribution in [1.29, 1.82) is 0 Å². The molecule has 0 aliphatic carbocycles. The monoisotopic (exact) mass is 445 g/mol. The second kappa shape index (κ2) is 10.8. The maximum absolute atomic E-state index is 10.5. The van der Waals surface area contributed by atoms with Gasteiger partial charge >= 0.3 is 35.6 Å². The molecule has 0 saturated carbocycles. The molecule has 0 saturated heterocycles. The Morgan fingerprint density at radius 2 is 1.73 bits per heavy atom. The van der Waals surface area contributed by atoms with E-state index in [1.807, 2.05) is 13.1 Å². The third-order valence-electron chi connectivity index (χ3n) is 4.00. The molecule has 1 atom stereocenters. The molecule has 1 N–H and O–H groups in total. The van der Waals surface area contributed by atoms with Crippen LogP contribution in [0.2, 0.25) is 0 Å². The first-order valence-electron chi connectivity index (χ1n) is 8.24. The quantitative estimate of drug-likeness (QED) is 0.385. The van der Waals surface area contributed by atoms with Crippen molar-refractivity contribution in [3.63, 3.8) is 0 Å². The van der Waals surface area contributed by atoms with Crippen molar-refractivity contribution in [1.82, 2.24) is 0 Å². The van der Waals surface area contributed by atoms with Gasteiger partial charge in [-0.25, -0.2) is 0 Å². The van der Waals surface area contributed by atoms with E-state index in [0.29, 0.717) is 14.3 Å². The summed E-state index contributed by atoms with van der Waals surface area (Å²) in [6.45, 7) is 10.7. The van der Waals surface area contributed by atoms with E-state index in [4.69, 9.17) is 18.6 Å². The molecule has 0 aromatic heterocycles. The topological polar surface area (TPSA) is 32.6 Å². The van der Waals surface area contributed by atoms with Gasteiger partial charge in [-0.2, -0.15) is 0 Å². The number of aromatic hydroxyl groups is 1. The molecule has 0 fully saturated rings. The fourth-order valence-corrected chi connectivity index (χ4v) is 3.94. The fraction of sp³-hybridized carbons (Fsp3) is 0.350. The van der Waals surface area contributed by atoms with Crippen LogP contribution in [0.1, 0.15) is 43.0 Å². The van der Waals surface area contributed by atoms with Gasteiger partial charge < -0.3 is 5.11 Å². The predicted molar refractivity (Wildman–Crippen MR) is 116 cm³/mol. The number of phenolic OH excluding ortho intramolecular Hbond substituents is 1. The van der Waals surface area contributed by atoms with Crippen LogP contribution < -0.4 is 10.6 Å². The molecule has 0 aliphatic rings. The molecule has 0 heterocycles. The molecule has 2 nitrogen and oxygen atoms in total. The van der Waals surface area contributed by atoms with E-state index in [1.54, 1.807) is 7.05 Å². The Kier molecular flexibility index (Phi) is 9.87. The van der Waals surface area contributed by atoms with Crippen molar-refractivity contribution < 1.29 is 22.1 Å². The third-order valence-corrected chi connectivity index (χ3v) is 5.58. The van der Waals surface area contributed by atoms with Crippen LogP contribution in [0.3, 0.4) is 0 Å². The fourth-order valence-electron chi connectivity index (χ4n) is 2.55. The summed E-state index contributed by atoms with van der Waals surface area (Å²) in [5, 5.41) is 12.8. The minimum atomic E-state index is -0.556. The standard InChI is InChI=1S/C20H26NOP.2ClH.Ti/c1-13-8-7-9-15(12-21-6)19(13)23-17-11-16(20(3,4)5)10-14(2)18(17)22;;;/h7-12,22-23H,1-6H3;2*1H;/q;;;+2/p-2. The summed E-state index contributed by atoms with van der Waals surface area (Å²) in [6.07, 6.45) is 1.90. The Labute approximate surface area is 175 Å². The van der Waals surface area contributed by atoms with Gasteiger partial charge in [0.2, 0.25) is 0 Å². The van der Waals surface area contributed by atoms with E-state index in [0.717, 1.165) is 16.4 Å². The van der Waals surface area contributed by atoms with Crippen molar-refractivity contribution in [3.05, 3.63) is 52.6 Å². The van der Waals surface area contributed by atoms with Gasteiger partial charge in [-0.3, -0.25) is 4.99 Å². The van der Waals surface area contributed by atoms with Gasteiger partial charge in [0.1, 0.15) is 5.75 Å². The Morgan fingerprint density at radius 1 is 1.12 bits per heavy atom. The van der Waals surface area contributed by atoms with Crippen molar-refractivity contribution in [2.24, 2.45) is 4.99 Å². The molecule has 0 bridgehead atoms. The van der Waals surface area contributed by atoms with E-state index in [9.17, 15) is 5.11 Å². The van der Waals surface area contributed by atoms with Crippen LogP contribution in [0.25, 0.3) is 0 Å². The van der Waals surface area contributed by atoms with Crippen LogP contribution in [0.15, 0.2) is 35.3 Å². The number of nitrogens with zero attached hydrogens (tertiary/aromatic N) is 1. The van der Waals surface area contributed by atoms with Crippen LogP contribution in [-0.2, 0) is 22.4 Å². The van der Waals surface area contributed by atoms with Gasteiger partial charge in [-0.1, -0.05) is 53.6 Å². The zero-order valence-corrected chi connectivity index (χ0v) is 20.2. The molecule has 2 rings (SSSR count). The second-order valence-electron chi connectivity index (χ2n) is 7.06. The molecule has 140 valence electrons. The van der Waals surface area contributed by atoms with Crippen LogP contribution in [-0.4, -0.2) is 18.4 Å². The van der Waals surface area contributed by atoms with Gasteiger partial charge in [0.05, 0.1) is 0 Å². The van der Waals surface area contributed by atoms with Gasteiger partial charge in [0.25, 0.3) is 0 Å². The average molecular weight is 446 g/mol. The van der Waals surface area contributed by atoms with Crippen LogP contribution >= 0.6 is 27.2 Å². The van der Waals surface area contributed by atoms with Crippen molar-refractivity contribution >= 4 is 44.0 Å². The Bertz CT molecular complexity index is 773. The number of phenols is 1. The molecule has 2 aromatic carbocycles. The first-order valence-corrected chi connectivity index (χ1v) is 13.5. The Morgan fingerprint density at radius 3 is 2.27 bits per heavy atom. The third kappa shape index (κ3) is 6.66. The Hall–Kier alpha value is -0.366. The summed E-state index contributed by atoms with van der Waals surface area (Å²) in [5.41, 5.74) is 4.63. The van der Waals surface area contributed by atoms with Gasteiger partial charge in [-0.05, 0) is 47.3 Å². The number of hydrogen-bond donors (Lipinski definition) is 1. The van der Waals surface area contributed by atoms with Gasteiger partial charge in [0.15, 0.2) is 0 Å². The van der Waals surface area contributed by atoms with Gasteiger partial charge in [-0.15, -0.1) is 0 Å². The number of hydrogen-bond acceptors (Lipinski definition) is 2. The van der Waals surface area contributed by atoms with E-state index in [2.05, 4.69) is 63.0 Å². The van der Waals surface area contributed by atoms with E-state index < -0.39 is 17.0 Å². The zero-order chi connectivity index (χ0) is 19.9. The van der Waals surface area contributed by atoms with E-state index in [-0.39, 0.29) is 5.41 Å². The Balaban J connectivity index is 0.00000105. The summed E-state index contributed by atoms with van der Waals surface area (Å²) in [6, 6.07) is 10.5. The molecule has 6 heteroatoms. The number of aliphatic imine (C=N–C) groups is 1. The molecular formula is C20H26Cl2NOPTi. The minimum absolute atomic E-state index is 0.0666. The van der Waals surface area contributed by atoms with E-state index in [1.165, 1.54) is 16.4 Å². The predicted octanol–water partition coefficient (Wildman–Crippen LogP) is 5.36. The average Bonchev–Trinajstić information content (AvgIpc) is 2.54. The number of benzene rings is 2. The number of halogens is 2. The van der Waals surface area contributed by atoms with Crippen molar-refractivity contribution in [2.45, 2.75) is 40.0 Å². The zero-order valence-electron chi connectivity index (χ0n) is 16.1. The number of aryl methyl sites for hydroxylation is 2. The molecular weight excluding hydrogens is 420 g/mol. The maximum atomic E-state index is 10.5. The number of rotatable bonds is 3. The van der Waals surface area contributed by atoms with Crippen LogP contribution in [0.4, 0.5) is 0 Å².